The minimum atomic E-state index is -2.13. The molecule has 3 nitrogen and oxygen atoms in total. The van der Waals surface area contributed by atoms with Crippen molar-refractivity contribution in [2.24, 2.45) is 11.8 Å². The highest BCUT2D eigenvalue weighted by Gasteiger charge is 2.35. The van der Waals surface area contributed by atoms with Crippen molar-refractivity contribution in [3.63, 3.8) is 0 Å². The highest BCUT2D eigenvalue weighted by molar-refractivity contribution is 6.37. The van der Waals surface area contributed by atoms with E-state index < -0.39 is 15.1 Å². The molecular formula is C14H22AlClO3. The maximum absolute atomic E-state index is 5.85. The van der Waals surface area contributed by atoms with Crippen molar-refractivity contribution in [1.82, 2.24) is 0 Å². The van der Waals surface area contributed by atoms with Crippen LogP contribution in [-0.4, -0.2) is 28.4 Å². The zero-order valence-electron chi connectivity index (χ0n) is 12.1. The summed E-state index contributed by atoms with van der Waals surface area (Å²) in [5.41, 5.74) is 0. The molecule has 0 heterocycles. The van der Waals surface area contributed by atoms with Crippen LogP contribution in [0.4, 0.5) is 0 Å². The first-order valence-electron chi connectivity index (χ1n) is 6.62. The molecule has 0 aliphatic rings. The molecule has 0 aromatic heterocycles. The minimum Gasteiger partial charge on any atom is -0.599 e. The van der Waals surface area contributed by atoms with E-state index in [4.69, 9.17) is 23.0 Å². The first-order chi connectivity index (χ1) is 8.97. The van der Waals surface area contributed by atoms with Gasteiger partial charge in [-0.05, 0) is 36.1 Å². The van der Waals surface area contributed by atoms with Gasteiger partial charge in [-0.1, -0.05) is 39.3 Å². The van der Waals surface area contributed by atoms with Gasteiger partial charge in [-0.25, -0.2) is 0 Å². The number of hydrogen-bond acceptors (Lipinski definition) is 3. The van der Waals surface area contributed by atoms with Crippen LogP contribution in [0.3, 0.4) is 0 Å². The van der Waals surface area contributed by atoms with E-state index in [1.807, 2.05) is 12.1 Å². The molecule has 0 aliphatic heterocycles. The van der Waals surface area contributed by atoms with E-state index in [1.165, 1.54) is 0 Å². The van der Waals surface area contributed by atoms with E-state index in [0.717, 1.165) is 5.75 Å². The van der Waals surface area contributed by atoms with Crippen LogP contribution >= 0.6 is 11.6 Å². The van der Waals surface area contributed by atoms with Crippen LogP contribution in [0.5, 0.6) is 5.75 Å². The molecular weight excluding hydrogens is 279 g/mol. The second-order valence-electron chi connectivity index (χ2n) is 5.31. The molecule has 1 rings (SSSR count). The number of hydrogen-bond donors (Lipinski definition) is 0. The average Bonchev–Trinajstić information content (AvgIpc) is 2.35. The summed E-state index contributed by atoms with van der Waals surface area (Å²) in [6, 6.07) is 7.26. The Bertz CT molecular complexity index is 342. The monoisotopic (exact) mass is 300 g/mol. The summed E-state index contributed by atoms with van der Waals surface area (Å²) >= 11 is 3.72. The summed E-state index contributed by atoms with van der Waals surface area (Å²) in [4.78, 5) is 0. The van der Waals surface area contributed by atoms with E-state index in [9.17, 15) is 0 Å². The lowest BCUT2D eigenvalue weighted by atomic mass is 10.2. The third-order valence-electron chi connectivity index (χ3n) is 2.18. The normalized spacial score (nSPS) is 11.1. The SMILES string of the molecule is CC(C)C[O][Al]([O]CC(C)C)[O]c1ccc(Cl)cc1. The van der Waals surface area contributed by atoms with Crippen molar-refractivity contribution in [2.45, 2.75) is 27.7 Å². The summed E-state index contributed by atoms with van der Waals surface area (Å²) in [7, 11) is 0. The quantitative estimate of drug-likeness (QED) is 0.678. The Kier molecular flexibility index (Phi) is 7.82. The van der Waals surface area contributed by atoms with Crippen LogP contribution < -0.4 is 3.79 Å². The third kappa shape index (κ3) is 7.82. The summed E-state index contributed by atoms with van der Waals surface area (Å²) in [6.45, 7) is 9.74. The van der Waals surface area contributed by atoms with Crippen LogP contribution in [0.25, 0.3) is 0 Å². The Morgan fingerprint density at radius 2 is 1.42 bits per heavy atom. The lowest BCUT2D eigenvalue weighted by Gasteiger charge is -2.17. The molecule has 1 aromatic carbocycles. The minimum absolute atomic E-state index is 0.464. The number of rotatable bonds is 8. The van der Waals surface area contributed by atoms with Crippen LogP contribution in [-0.2, 0) is 7.58 Å². The van der Waals surface area contributed by atoms with Crippen LogP contribution in [0.15, 0.2) is 24.3 Å². The standard InChI is InChI=1S/C6H5ClO.2C4H9O.Al/c7-5-1-3-6(8)4-2-5;2*1-4(2)3-5;/h1-4,8H;2*4H,3H2,1-2H3;/q;2*-1;+3/p-1. The van der Waals surface area contributed by atoms with Gasteiger partial charge in [0.05, 0.1) is 5.75 Å². The van der Waals surface area contributed by atoms with Crippen molar-refractivity contribution in [3.05, 3.63) is 29.3 Å². The highest BCUT2D eigenvalue weighted by Crippen LogP contribution is 2.17. The first-order valence-corrected chi connectivity index (χ1v) is 8.42. The molecule has 0 fully saturated rings. The van der Waals surface area contributed by atoms with Crippen molar-refractivity contribution in [1.29, 1.82) is 0 Å². The van der Waals surface area contributed by atoms with Gasteiger partial charge in [0.15, 0.2) is 0 Å². The predicted octanol–water partition coefficient (Wildman–Crippen LogP) is 4.05. The van der Waals surface area contributed by atoms with Gasteiger partial charge < -0.3 is 11.4 Å². The fourth-order valence-electron chi connectivity index (χ4n) is 1.28. The van der Waals surface area contributed by atoms with Crippen molar-refractivity contribution >= 4 is 26.8 Å². The Hall–Kier alpha value is -0.238. The van der Waals surface area contributed by atoms with E-state index in [1.54, 1.807) is 12.1 Å². The van der Waals surface area contributed by atoms with Gasteiger partial charge in [0.2, 0.25) is 0 Å². The molecule has 0 saturated heterocycles. The molecule has 106 valence electrons. The lowest BCUT2D eigenvalue weighted by molar-refractivity contribution is 0.115. The van der Waals surface area contributed by atoms with Crippen LogP contribution in [0.1, 0.15) is 27.7 Å². The molecule has 5 heteroatoms. The van der Waals surface area contributed by atoms with Gasteiger partial charge in [-0.3, -0.25) is 0 Å². The predicted molar refractivity (Wildman–Crippen MR) is 79.4 cm³/mol. The van der Waals surface area contributed by atoms with E-state index in [-0.39, 0.29) is 0 Å². The molecule has 0 atom stereocenters. The van der Waals surface area contributed by atoms with Crippen molar-refractivity contribution < 1.29 is 11.4 Å². The fraction of sp³-hybridized carbons (Fsp3) is 0.571. The average molecular weight is 301 g/mol. The highest BCUT2D eigenvalue weighted by atomic mass is 35.5. The maximum atomic E-state index is 5.85. The van der Waals surface area contributed by atoms with Gasteiger partial charge in [0, 0.05) is 18.2 Å². The first kappa shape index (κ1) is 16.8. The van der Waals surface area contributed by atoms with Gasteiger partial charge in [-0.15, -0.1) is 0 Å². The smallest absolute Gasteiger partial charge is 0.599 e. The van der Waals surface area contributed by atoms with Gasteiger partial charge in [-0.2, -0.15) is 0 Å². The number of halogens is 1. The topological polar surface area (TPSA) is 27.7 Å². The van der Waals surface area contributed by atoms with Crippen LogP contribution in [0, 0.1) is 11.8 Å². The fourth-order valence-corrected chi connectivity index (χ4v) is 3.10. The lowest BCUT2D eigenvalue weighted by Crippen LogP contribution is -2.33. The summed E-state index contributed by atoms with van der Waals surface area (Å²) in [5, 5.41) is 0.691. The van der Waals surface area contributed by atoms with Gasteiger partial charge in [0.1, 0.15) is 0 Å². The summed E-state index contributed by atoms with van der Waals surface area (Å²) in [6.07, 6.45) is 0. The molecule has 19 heavy (non-hydrogen) atoms. The number of benzene rings is 1. The van der Waals surface area contributed by atoms with E-state index in [2.05, 4.69) is 27.7 Å². The Balaban J connectivity index is 2.53. The van der Waals surface area contributed by atoms with Gasteiger partial charge in [0.25, 0.3) is 0 Å². The zero-order chi connectivity index (χ0) is 14.3. The van der Waals surface area contributed by atoms with Gasteiger partial charge >= 0.3 is 15.1 Å². The largest absolute Gasteiger partial charge is 1.00 e. The summed E-state index contributed by atoms with van der Waals surface area (Å²) < 4.78 is 17.3. The Labute approximate surface area is 126 Å². The molecule has 0 spiro atoms. The molecule has 0 saturated carbocycles. The molecule has 1 aromatic rings. The van der Waals surface area contributed by atoms with E-state index >= 15 is 0 Å². The third-order valence-corrected chi connectivity index (χ3v) is 3.82. The Morgan fingerprint density at radius 1 is 0.947 bits per heavy atom. The Morgan fingerprint density at radius 3 is 1.84 bits per heavy atom. The second kappa shape index (κ2) is 8.84. The molecule has 0 aliphatic carbocycles. The zero-order valence-corrected chi connectivity index (χ0v) is 14.0. The molecule has 0 radical (unpaired) electrons. The van der Waals surface area contributed by atoms with Crippen molar-refractivity contribution in [3.8, 4) is 5.75 Å². The molecule has 0 N–H and O–H groups in total. The molecule has 0 amide bonds. The van der Waals surface area contributed by atoms with Crippen molar-refractivity contribution in [2.75, 3.05) is 13.2 Å². The molecule has 0 unspecified atom stereocenters. The van der Waals surface area contributed by atoms with Crippen LogP contribution in [0.2, 0.25) is 5.02 Å². The molecule has 0 bridgehead atoms. The maximum Gasteiger partial charge on any atom is 1.00 e. The van der Waals surface area contributed by atoms with E-state index in [0.29, 0.717) is 30.1 Å². The summed E-state index contributed by atoms with van der Waals surface area (Å²) in [5.74, 6) is 1.67. The second-order valence-corrected chi connectivity index (χ2v) is 7.23.